The summed E-state index contributed by atoms with van der Waals surface area (Å²) in [4.78, 5) is 0.320. The zero-order valence-corrected chi connectivity index (χ0v) is 15.0. The van der Waals surface area contributed by atoms with Crippen LogP contribution in [0, 0.1) is 5.41 Å². The average Bonchev–Trinajstić information content (AvgIpc) is 2.42. The van der Waals surface area contributed by atoms with E-state index in [2.05, 4.69) is 32.9 Å². The van der Waals surface area contributed by atoms with Crippen molar-refractivity contribution in [1.29, 1.82) is 0 Å². The van der Waals surface area contributed by atoms with Gasteiger partial charge in [-0.25, -0.2) is 13.1 Å². The van der Waals surface area contributed by atoms with Crippen molar-refractivity contribution in [2.24, 2.45) is 5.41 Å². The summed E-state index contributed by atoms with van der Waals surface area (Å²) >= 11 is 3.35. The number of hydrogen-bond donors (Lipinski definition) is 2. The van der Waals surface area contributed by atoms with Gasteiger partial charge < -0.3 is 5.32 Å². The standard InChI is InChI=1S/C15H23BrN2O2S/c1-3-17-10-12-5-6-13(16)14(9-12)21(19,20)18-11-15(2)7-4-8-15/h5-6,9,17-18H,3-4,7-8,10-11H2,1-2H3. The predicted molar refractivity (Wildman–Crippen MR) is 88.7 cm³/mol. The van der Waals surface area contributed by atoms with Crippen LogP contribution < -0.4 is 10.0 Å². The number of sulfonamides is 1. The van der Waals surface area contributed by atoms with Gasteiger partial charge in [-0.1, -0.05) is 26.3 Å². The van der Waals surface area contributed by atoms with E-state index in [0.717, 1.165) is 24.9 Å². The van der Waals surface area contributed by atoms with E-state index in [-0.39, 0.29) is 5.41 Å². The maximum Gasteiger partial charge on any atom is 0.241 e. The zero-order chi connectivity index (χ0) is 15.5. The van der Waals surface area contributed by atoms with Crippen molar-refractivity contribution in [3.8, 4) is 0 Å². The van der Waals surface area contributed by atoms with Crippen molar-refractivity contribution >= 4 is 26.0 Å². The first-order chi connectivity index (χ1) is 9.86. The first-order valence-electron chi connectivity index (χ1n) is 7.35. The van der Waals surface area contributed by atoms with Crippen molar-refractivity contribution in [2.45, 2.75) is 44.6 Å². The number of hydrogen-bond acceptors (Lipinski definition) is 3. The van der Waals surface area contributed by atoms with Crippen molar-refractivity contribution in [1.82, 2.24) is 10.0 Å². The molecule has 1 aliphatic carbocycles. The average molecular weight is 375 g/mol. The van der Waals surface area contributed by atoms with Crippen molar-refractivity contribution < 1.29 is 8.42 Å². The van der Waals surface area contributed by atoms with Crippen LogP contribution in [0.25, 0.3) is 0 Å². The number of halogens is 1. The van der Waals surface area contributed by atoms with Gasteiger partial charge in [-0.2, -0.15) is 0 Å². The monoisotopic (exact) mass is 374 g/mol. The Morgan fingerprint density at radius 2 is 2.05 bits per heavy atom. The fourth-order valence-corrected chi connectivity index (χ4v) is 4.65. The van der Waals surface area contributed by atoms with E-state index in [1.165, 1.54) is 6.42 Å². The molecule has 0 amide bonds. The summed E-state index contributed by atoms with van der Waals surface area (Å²) in [7, 11) is -3.47. The van der Waals surface area contributed by atoms with E-state index < -0.39 is 10.0 Å². The first-order valence-corrected chi connectivity index (χ1v) is 9.63. The fraction of sp³-hybridized carbons (Fsp3) is 0.600. The maximum absolute atomic E-state index is 12.5. The molecule has 0 atom stereocenters. The molecule has 0 heterocycles. The molecule has 0 saturated heterocycles. The molecule has 118 valence electrons. The Labute approximate surface area is 135 Å². The van der Waals surface area contributed by atoms with E-state index in [1.807, 2.05) is 13.0 Å². The molecule has 2 rings (SSSR count). The number of nitrogens with one attached hydrogen (secondary N) is 2. The van der Waals surface area contributed by atoms with Crippen LogP contribution in [0.2, 0.25) is 0 Å². The second-order valence-corrected chi connectivity index (χ2v) is 8.62. The minimum Gasteiger partial charge on any atom is -0.313 e. The summed E-state index contributed by atoms with van der Waals surface area (Å²) in [5.74, 6) is 0. The molecular formula is C15H23BrN2O2S. The molecule has 1 saturated carbocycles. The van der Waals surface area contributed by atoms with E-state index in [0.29, 0.717) is 22.5 Å². The van der Waals surface area contributed by atoms with Crippen molar-refractivity contribution in [3.05, 3.63) is 28.2 Å². The van der Waals surface area contributed by atoms with Crippen molar-refractivity contribution in [2.75, 3.05) is 13.1 Å². The highest BCUT2D eigenvalue weighted by Crippen LogP contribution is 2.39. The highest BCUT2D eigenvalue weighted by molar-refractivity contribution is 9.10. The lowest BCUT2D eigenvalue weighted by atomic mass is 9.71. The molecule has 0 aromatic heterocycles. The van der Waals surface area contributed by atoms with Gasteiger partial charge in [0.25, 0.3) is 0 Å². The highest BCUT2D eigenvalue weighted by Gasteiger charge is 2.33. The molecule has 21 heavy (non-hydrogen) atoms. The summed E-state index contributed by atoms with van der Waals surface area (Å²) in [6, 6.07) is 5.46. The fourth-order valence-electron chi connectivity index (χ4n) is 2.44. The van der Waals surface area contributed by atoms with Gasteiger partial charge in [0.1, 0.15) is 0 Å². The molecular weight excluding hydrogens is 352 g/mol. The van der Waals surface area contributed by atoms with Crippen LogP contribution in [0.4, 0.5) is 0 Å². The minimum atomic E-state index is -3.47. The highest BCUT2D eigenvalue weighted by atomic mass is 79.9. The Hall–Kier alpha value is -0.430. The van der Waals surface area contributed by atoms with E-state index in [1.54, 1.807) is 12.1 Å². The Balaban J connectivity index is 2.14. The second-order valence-electron chi connectivity index (χ2n) is 6.03. The van der Waals surface area contributed by atoms with Crippen LogP contribution >= 0.6 is 15.9 Å². The first kappa shape index (κ1) is 16.9. The molecule has 0 radical (unpaired) electrons. The topological polar surface area (TPSA) is 58.2 Å². The molecule has 0 unspecified atom stereocenters. The van der Waals surface area contributed by atoms with E-state index >= 15 is 0 Å². The van der Waals surface area contributed by atoms with Crippen LogP contribution in [0.1, 0.15) is 38.7 Å². The lowest BCUT2D eigenvalue weighted by Gasteiger charge is -2.38. The summed E-state index contributed by atoms with van der Waals surface area (Å²) in [5, 5.41) is 3.21. The summed E-state index contributed by atoms with van der Waals surface area (Å²) in [5.41, 5.74) is 1.09. The van der Waals surface area contributed by atoms with Gasteiger partial charge in [0.2, 0.25) is 10.0 Å². The van der Waals surface area contributed by atoms with Crippen LogP contribution in [0.15, 0.2) is 27.6 Å². The molecule has 4 nitrogen and oxygen atoms in total. The molecule has 0 bridgehead atoms. The third kappa shape index (κ3) is 4.28. The number of rotatable bonds is 7. The molecule has 2 N–H and O–H groups in total. The Morgan fingerprint density at radius 3 is 2.62 bits per heavy atom. The Kier molecular flexibility index (Phi) is 5.46. The number of benzene rings is 1. The molecule has 1 fully saturated rings. The molecule has 0 spiro atoms. The maximum atomic E-state index is 12.5. The third-order valence-corrected chi connectivity index (χ3v) is 6.51. The molecule has 1 aromatic rings. The molecule has 1 aliphatic rings. The molecule has 6 heteroatoms. The van der Waals surface area contributed by atoms with Gasteiger partial charge in [0.15, 0.2) is 0 Å². The van der Waals surface area contributed by atoms with Gasteiger partial charge in [-0.05, 0) is 58.4 Å². The minimum absolute atomic E-state index is 0.126. The lowest BCUT2D eigenvalue weighted by Crippen LogP contribution is -2.40. The summed E-state index contributed by atoms with van der Waals surface area (Å²) < 4.78 is 28.4. The zero-order valence-electron chi connectivity index (χ0n) is 12.6. The van der Waals surface area contributed by atoms with Crippen LogP contribution in [0.5, 0.6) is 0 Å². The quantitative estimate of drug-likeness (QED) is 0.770. The normalized spacial score (nSPS) is 17.5. The van der Waals surface area contributed by atoms with Gasteiger partial charge in [-0.3, -0.25) is 0 Å². The van der Waals surface area contributed by atoms with Crippen molar-refractivity contribution in [3.63, 3.8) is 0 Å². The molecule has 0 aliphatic heterocycles. The summed E-state index contributed by atoms with van der Waals surface area (Å²) in [6.45, 7) is 6.20. The van der Waals surface area contributed by atoms with Crippen LogP contribution in [-0.4, -0.2) is 21.5 Å². The van der Waals surface area contributed by atoms with Gasteiger partial charge in [-0.15, -0.1) is 0 Å². The predicted octanol–water partition coefficient (Wildman–Crippen LogP) is 3.03. The molecule has 1 aromatic carbocycles. The summed E-state index contributed by atoms with van der Waals surface area (Å²) in [6.07, 6.45) is 3.38. The van der Waals surface area contributed by atoms with Gasteiger partial charge in [0, 0.05) is 17.6 Å². The largest absolute Gasteiger partial charge is 0.313 e. The third-order valence-electron chi connectivity index (χ3n) is 4.11. The van der Waals surface area contributed by atoms with Crippen LogP contribution in [0.3, 0.4) is 0 Å². The van der Waals surface area contributed by atoms with E-state index in [9.17, 15) is 8.42 Å². The Bertz CT molecular complexity index is 598. The van der Waals surface area contributed by atoms with Gasteiger partial charge in [0.05, 0.1) is 4.90 Å². The van der Waals surface area contributed by atoms with Gasteiger partial charge >= 0.3 is 0 Å². The SMILES string of the molecule is CCNCc1ccc(Br)c(S(=O)(=O)NCC2(C)CCC2)c1. The smallest absolute Gasteiger partial charge is 0.241 e. The van der Waals surface area contributed by atoms with Crippen LogP contribution in [-0.2, 0) is 16.6 Å². The van der Waals surface area contributed by atoms with E-state index in [4.69, 9.17) is 0 Å². The Morgan fingerprint density at radius 1 is 1.33 bits per heavy atom. The second kappa shape index (κ2) is 6.77. The lowest BCUT2D eigenvalue weighted by molar-refractivity contribution is 0.166.